The molecule has 1 aromatic carbocycles. The molecule has 0 unspecified atom stereocenters. The minimum atomic E-state index is -0.403. The molecule has 0 radical (unpaired) electrons. The first-order chi connectivity index (χ1) is 13.3. The number of benzene rings is 1. The molecule has 146 valence electrons. The van der Waals surface area contributed by atoms with E-state index in [-0.39, 0.29) is 5.56 Å². The molecule has 0 saturated carbocycles. The largest absolute Gasteiger partial charge is 0.332 e. The van der Waals surface area contributed by atoms with E-state index in [9.17, 15) is 9.59 Å². The van der Waals surface area contributed by atoms with Crippen LogP contribution in [-0.2, 0) is 20.6 Å². The van der Waals surface area contributed by atoms with Crippen LogP contribution in [0.15, 0.2) is 34.0 Å². The van der Waals surface area contributed by atoms with Crippen LogP contribution in [0.2, 0.25) is 10.0 Å². The summed E-state index contributed by atoms with van der Waals surface area (Å²) in [4.78, 5) is 29.7. The topological polar surface area (TPSA) is 66.2 Å². The molecule has 0 bridgehead atoms. The lowest BCUT2D eigenvalue weighted by Crippen LogP contribution is -2.37. The van der Waals surface area contributed by atoms with Gasteiger partial charge in [-0.05, 0) is 24.6 Å². The van der Waals surface area contributed by atoms with E-state index in [0.717, 1.165) is 28.7 Å². The highest BCUT2D eigenvalue weighted by molar-refractivity contribution is 6.36. The van der Waals surface area contributed by atoms with Crippen LogP contribution in [0.5, 0.6) is 0 Å². The van der Waals surface area contributed by atoms with Crippen molar-refractivity contribution in [2.75, 3.05) is 0 Å². The minimum Gasteiger partial charge on any atom is -0.310 e. The Morgan fingerprint density at radius 1 is 1.11 bits per heavy atom. The Morgan fingerprint density at radius 3 is 2.54 bits per heavy atom. The normalized spacial score (nSPS) is 11.8. The van der Waals surface area contributed by atoms with Gasteiger partial charge in [-0.2, -0.15) is 4.98 Å². The fourth-order valence-corrected chi connectivity index (χ4v) is 3.97. The van der Waals surface area contributed by atoms with Crippen LogP contribution in [0, 0.1) is 0 Å². The Kier molecular flexibility index (Phi) is 4.59. The van der Waals surface area contributed by atoms with E-state index in [2.05, 4.69) is 11.9 Å². The van der Waals surface area contributed by atoms with Crippen LogP contribution in [-0.4, -0.2) is 23.1 Å². The Hall–Kier alpha value is -2.51. The number of aryl methyl sites for hydroxylation is 2. The Morgan fingerprint density at radius 2 is 1.86 bits per heavy atom. The van der Waals surface area contributed by atoms with Crippen molar-refractivity contribution >= 4 is 40.1 Å². The van der Waals surface area contributed by atoms with Crippen LogP contribution in [0.4, 0.5) is 0 Å². The summed E-state index contributed by atoms with van der Waals surface area (Å²) in [6.45, 7) is 2.82. The SMILES string of the molecule is CCCCn1c(-c2ccc(Cl)cc2Cl)cn2c3c(=O)n(C)c(=O)n(C)c3nc12. The van der Waals surface area contributed by atoms with E-state index in [1.807, 2.05) is 16.8 Å². The van der Waals surface area contributed by atoms with Gasteiger partial charge in [-0.15, -0.1) is 0 Å². The molecule has 4 aromatic rings. The number of hydrogen-bond acceptors (Lipinski definition) is 3. The number of halogens is 2. The average molecular weight is 420 g/mol. The van der Waals surface area contributed by atoms with Crippen LogP contribution in [0.1, 0.15) is 19.8 Å². The molecule has 0 aliphatic rings. The van der Waals surface area contributed by atoms with Crippen molar-refractivity contribution in [3.05, 3.63) is 55.3 Å². The second-order valence-corrected chi connectivity index (χ2v) is 7.65. The maximum atomic E-state index is 12.8. The summed E-state index contributed by atoms with van der Waals surface area (Å²) < 4.78 is 6.26. The monoisotopic (exact) mass is 419 g/mol. The molecule has 0 atom stereocenters. The molecule has 9 heteroatoms. The Bertz CT molecular complexity index is 1340. The molecule has 0 N–H and O–H groups in total. The molecule has 0 aliphatic heterocycles. The smallest absolute Gasteiger partial charge is 0.310 e. The first kappa shape index (κ1) is 18.8. The predicted molar refractivity (Wildman–Crippen MR) is 112 cm³/mol. The van der Waals surface area contributed by atoms with E-state index < -0.39 is 5.69 Å². The Labute approximate surface area is 170 Å². The third-order valence-electron chi connectivity index (χ3n) is 5.00. The van der Waals surface area contributed by atoms with Crippen LogP contribution in [0.3, 0.4) is 0 Å². The third-order valence-corrected chi connectivity index (χ3v) is 5.55. The molecular formula is C19H19Cl2N5O2. The highest BCUT2D eigenvalue weighted by Gasteiger charge is 2.21. The van der Waals surface area contributed by atoms with Crippen LogP contribution < -0.4 is 11.2 Å². The van der Waals surface area contributed by atoms with E-state index in [1.54, 1.807) is 23.6 Å². The van der Waals surface area contributed by atoms with Gasteiger partial charge in [0, 0.05) is 37.4 Å². The zero-order valence-corrected chi connectivity index (χ0v) is 17.3. The number of fused-ring (bicyclic) bond motifs is 3. The lowest BCUT2D eigenvalue weighted by molar-refractivity contribution is 0.648. The van der Waals surface area contributed by atoms with Gasteiger partial charge >= 0.3 is 5.69 Å². The fraction of sp³-hybridized carbons (Fsp3) is 0.316. The van der Waals surface area contributed by atoms with Crippen molar-refractivity contribution < 1.29 is 0 Å². The number of hydrogen-bond donors (Lipinski definition) is 0. The van der Waals surface area contributed by atoms with Crippen molar-refractivity contribution in [2.45, 2.75) is 26.3 Å². The van der Waals surface area contributed by atoms with Crippen molar-refractivity contribution in [3.63, 3.8) is 0 Å². The highest BCUT2D eigenvalue weighted by Crippen LogP contribution is 2.33. The van der Waals surface area contributed by atoms with Crippen LogP contribution >= 0.6 is 23.2 Å². The molecule has 0 fully saturated rings. The molecule has 3 aromatic heterocycles. The molecule has 0 saturated heterocycles. The minimum absolute atomic E-state index is 0.362. The van der Waals surface area contributed by atoms with Gasteiger partial charge in [0.1, 0.15) is 0 Å². The second kappa shape index (κ2) is 6.83. The van der Waals surface area contributed by atoms with E-state index in [0.29, 0.717) is 33.5 Å². The summed E-state index contributed by atoms with van der Waals surface area (Å²) in [5.74, 6) is 0.600. The zero-order valence-electron chi connectivity index (χ0n) is 15.7. The van der Waals surface area contributed by atoms with Gasteiger partial charge in [0.2, 0.25) is 5.78 Å². The van der Waals surface area contributed by atoms with Gasteiger partial charge in [0.05, 0.1) is 10.7 Å². The molecule has 3 heterocycles. The number of rotatable bonds is 4. The van der Waals surface area contributed by atoms with Gasteiger partial charge in [0.25, 0.3) is 5.56 Å². The number of imidazole rings is 2. The van der Waals surface area contributed by atoms with Crippen LogP contribution in [0.25, 0.3) is 28.2 Å². The predicted octanol–water partition coefficient (Wildman–Crippen LogP) is 3.46. The first-order valence-electron chi connectivity index (χ1n) is 8.97. The van der Waals surface area contributed by atoms with Crippen molar-refractivity contribution in [1.82, 2.24) is 23.1 Å². The third kappa shape index (κ3) is 2.69. The molecule has 28 heavy (non-hydrogen) atoms. The summed E-state index contributed by atoms with van der Waals surface area (Å²) in [5, 5.41) is 1.08. The second-order valence-electron chi connectivity index (χ2n) is 6.80. The number of aromatic nitrogens is 5. The molecule has 0 spiro atoms. The molecular weight excluding hydrogens is 401 g/mol. The maximum Gasteiger partial charge on any atom is 0.332 e. The standard InChI is InChI=1S/C19H19Cl2N5O2/c1-4-5-8-25-14(12-7-6-11(20)9-13(12)21)10-26-15-16(22-18(25)26)23(2)19(28)24(3)17(15)27/h6-7,9-10H,4-5,8H2,1-3H3. The summed E-state index contributed by atoms with van der Waals surface area (Å²) in [6.07, 6.45) is 3.78. The van der Waals surface area contributed by atoms with Gasteiger partial charge in [-0.3, -0.25) is 18.3 Å². The quantitative estimate of drug-likeness (QED) is 0.508. The summed E-state index contributed by atoms with van der Waals surface area (Å²) in [6, 6.07) is 5.33. The number of nitrogens with zero attached hydrogens (tertiary/aromatic N) is 5. The van der Waals surface area contributed by atoms with Crippen molar-refractivity contribution in [3.8, 4) is 11.3 Å². The van der Waals surface area contributed by atoms with Gasteiger partial charge < -0.3 is 4.57 Å². The summed E-state index contributed by atoms with van der Waals surface area (Å²) in [7, 11) is 3.08. The lowest BCUT2D eigenvalue weighted by atomic mass is 10.1. The summed E-state index contributed by atoms with van der Waals surface area (Å²) in [5.41, 5.74) is 1.59. The molecule has 7 nitrogen and oxygen atoms in total. The first-order valence-corrected chi connectivity index (χ1v) is 9.73. The van der Waals surface area contributed by atoms with Crippen molar-refractivity contribution in [2.24, 2.45) is 14.1 Å². The molecule has 0 aliphatic carbocycles. The maximum absolute atomic E-state index is 12.8. The lowest BCUT2D eigenvalue weighted by Gasteiger charge is -2.10. The number of unbranched alkanes of at least 4 members (excludes halogenated alkanes) is 1. The van der Waals surface area contributed by atoms with Gasteiger partial charge in [0.15, 0.2) is 11.2 Å². The summed E-state index contributed by atoms with van der Waals surface area (Å²) >= 11 is 12.5. The van der Waals surface area contributed by atoms with Crippen molar-refractivity contribution in [1.29, 1.82) is 0 Å². The van der Waals surface area contributed by atoms with Gasteiger partial charge in [-0.25, -0.2) is 4.79 Å². The average Bonchev–Trinajstić information content (AvgIpc) is 3.19. The van der Waals surface area contributed by atoms with Gasteiger partial charge in [-0.1, -0.05) is 36.5 Å². The highest BCUT2D eigenvalue weighted by atomic mass is 35.5. The molecule has 0 amide bonds. The van der Waals surface area contributed by atoms with E-state index >= 15 is 0 Å². The molecule has 4 rings (SSSR count). The zero-order chi connectivity index (χ0) is 20.2. The fourth-order valence-electron chi connectivity index (χ4n) is 3.46. The van der Waals surface area contributed by atoms with E-state index in [4.69, 9.17) is 23.2 Å². The van der Waals surface area contributed by atoms with E-state index in [1.165, 1.54) is 11.6 Å². The Balaban J connectivity index is 2.12.